The smallest absolute Gasteiger partial charge is 0.331 e. The second kappa shape index (κ2) is 9.08. The molecule has 0 spiro atoms. The first-order valence-electron chi connectivity index (χ1n) is 9.06. The van der Waals surface area contributed by atoms with Gasteiger partial charge in [0.2, 0.25) is 6.10 Å². The molecule has 1 N–H and O–H groups in total. The molecule has 3 rings (SSSR count). The lowest BCUT2D eigenvalue weighted by molar-refractivity contribution is -0.151. The largest absolute Gasteiger partial charge is 0.497 e. The van der Waals surface area contributed by atoms with E-state index < -0.39 is 12.1 Å². The monoisotopic (exact) mass is 381 g/mol. The predicted molar refractivity (Wildman–Crippen MR) is 105 cm³/mol. The fraction of sp³-hybridized carbons (Fsp3) is 0.273. The summed E-state index contributed by atoms with van der Waals surface area (Å²) in [6.07, 6.45) is 3.79. The van der Waals surface area contributed by atoms with E-state index in [2.05, 4.69) is 5.32 Å². The number of benzene rings is 2. The van der Waals surface area contributed by atoms with Crippen molar-refractivity contribution in [3.63, 3.8) is 0 Å². The molecule has 1 saturated carbocycles. The maximum Gasteiger partial charge on any atom is 0.331 e. The van der Waals surface area contributed by atoms with E-state index in [-0.39, 0.29) is 11.9 Å². The van der Waals surface area contributed by atoms with Gasteiger partial charge in [0, 0.05) is 29.3 Å². The van der Waals surface area contributed by atoms with Gasteiger partial charge < -0.3 is 19.5 Å². The van der Waals surface area contributed by atoms with Crippen molar-refractivity contribution in [1.82, 2.24) is 5.32 Å². The van der Waals surface area contributed by atoms with Crippen LogP contribution in [0, 0.1) is 0 Å². The zero-order valence-corrected chi connectivity index (χ0v) is 15.9. The molecule has 6 nitrogen and oxygen atoms in total. The van der Waals surface area contributed by atoms with E-state index in [1.54, 1.807) is 55.7 Å². The van der Waals surface area contributed by atoms with Crippen molar-refractivity contribution in [2.24, 2.45) is 0 Å². The van der Waals surface area contributed by atoms with Crippen molar-refractivity contribution in [1.29, 1.82) is 0 Å². The second-order valence-electron chi connectivity index (χ2n) is 6.45. The van der Waals surface area contributed by atoms with Gasteiger partial charge in [-0.25, -0.2) is 4.79 Å². The summed E-state index contributed by atoms with van der Waals surface area (Å²) in [6.45, 7) is 0. The zero-order chi connectivity index (χ0) is 19.9. The third kappa shape index (κ3) is 5.13. The van der Waals surface area contributed by atoms with E-state index >= 15 is 0 Å². The highest BCUT2D eigenvalue weighted by atomic mass is 16.5. The summed E-state index contributed by atoms with van der Waals surface area (Å²) >= 11 is 0. The third-order valence-electron chi connectivity index (χ3n) is 4.34. The highest BCUT2D eigenvalue weighted by molar-refractivity contribution is 5.91. The van der Waals surface area contributed by atoms with E-state index in [9.17, 15) is 9.59 Å². The van der Waals surface area contributed by atoms with Crippen LogP contribution in [-0.2, 0) is 14.3 Å². The summed E-state index contributed by atoms with van der Waals surface area (Å²) in [5.74, 6) is 0.294. The number of hydrogen-bond donors (Lipinski definition) is 1. The Bertz CT molecular complexity index is 858. The minimum Gasteiger partial charge on any atom is -0.497 e. The molecular weight excluding hydrogens is 358 g/mol. The van der Waals surface area contributed by atoms with E-state index in [0.717, 1.165) is 12.8 Å². The minimum absolute atomic E-state index is 0.177. The second-order valence-corrected chi connectivity index (χ2v) is 6.45. The highest BCUT2D eigenvalue weighted by Gasteiger charge is 2.30. The first-order valence-corrected chi connectivity index (χ1v) is 9.06. The highest BCUT2D eigenvalue weighted by Crippen LogP contribution is 2.26. The molecule has 1 aliphatic carbocycles. The Morgan fingerprint density at radius 3 is 2.46 bits per heavy atom. The maximum atomic E-state index is 12.5. The van der Waals surface area contributed by atoms with Crippen molar-refractivity contribution in [2.45, 2.75) is 25.0 Å². The van der Waals surface area contributed by atoms with Gasteiger partial charge in [-0.2, -0.15) is 0 Å². The lowest BCUT2D eigenvalue weighted by Gasteiger charge is -2.17. The number of carbonyl (C=O) groups is 2. The Balaban J connectivity index is 1.73. The summed E-state index contributed by atoms with van der Waals surface area (Å²) in [6, 6.07) is 14.4. The maximum absolute atomic E-state index is 12.5. The van der Waals surface area contributed by atoms with Crippen LogP contribution in [0.1, 0.15) is 30.1 Å². The fourth-order valence-corrected chi connectivity index (χ4v) is 2.67. The zero-order valence-electron chi connectivity index (χ0n) is 15.9. The Morgan fingerprint density at radius 2 is 1.82 bits per heavy atom. The number of hydrogen-bond acceptors (Lipinski definition) is 5. The number of nitrogens with one attached hydrogen (secondary N) is 1. The van der Waals surface area contributed by atoms with Crippen LogP contribution in [0.3, 0.4) is 0 Å². The number of carbonyl (C=O) groups excluding carboxylic acids is 2. The van der Waals surface area contributed by atoms with Crippen LogP contribution in [0.15, 0.2) is 54.6 Å². The first-order chi connectivity index (χ1) is 13.6. The average Bonchev–Trinajstić information content (AvgIpc) is 3.54. The fourth-order valence-electron chi connectivity index (χ4n) is 2.67. The summed E-state index contributed by atoms with van der Waals surface area (Å²) in [7, 11) is 3.11. The molecule has 28 heavy (non-hydrogen) atoms. The van der Waals surface area contributed by atoms with Gasteiger partial charge in [-0.05, 0) is 31.1 Å². The quantitative estimate of drug-likeness (QED) is 0.561. The summed E-state index contributed by atoms with van der Waals surface area (Å²) in [4.78, 5) is 24.9. The molecule has 0 heterocycles. The summed E-state index contributed by atoms with van der Waals surface area (Å²) in [5.41, 5.74) is 1.32. The SMILES string of the molecule is COc1ccc(/C=C/C(=O)O[C@H](C(=O)NC2CC2)c2ccccc2)c(OC)c1. The normalized spacial score (nSPS) is 14.4. The molecule has 0 bridgehead atoms. The molecule has 0 saturated heterocycles. The van der Waals surface area contributed by atoms with Crippen LogP contribution >= 0.6 is 0 Å². The number of rotatable bonds is 8. The van der Waals surface area contributed by atoms with E-state index in [0.29, 0.717) is 22.6 Å². The van der Waals surface area contributed by atoms with Crippen LogP contribution < -0.4 is 14.8 Å². The van der Waals surface area contributed by atoms with Gasteiger partial charge in [-0.15, -0.1) is 0 Å². The van der Waals surface area contributed by atoms with Gasteiger partial charge in [0.05, 0.1) is 14.2 Å². The van der Waals surface area contributed by atoms with Gasteiger partial charge in [-0.1, -0.05) is 30.3 Å². The summed E-state index contributed by atoms with van der Waals surface area (Å²) in [5, 5.41) is 2.89. The molecule has 2 aromatic rings. The predicted octanol–water partition coefficient (Wildman–Crippen LogP) is 3.28. The van der Waals surface area contributed by atoms with Crippen molar-refractivity contribution in [3.8, 4) is 11.5 Å². The Morgan fingerprint density at radius 1 is 1.07 bits per heavy atom. The molecule has 2 aromatic carbocycles. The van der Waals surface area contributed by atoms with E-state index in [1.807, 2.05) is 6.07 Å². The summed E-state index contributed by atoms with van der Waals surface area (Å²) < 4.78 is 15.9. The molecular formula is C22H23NO5. The number of ether oxygens (including phenoxy) is 3. The number of esters is 1. The molecule has 1 fully saturated rings. The van der Waals surface area contributed by atoms with Crippen LogP contribution in [0.4, 0.5) is 0 Å². The topological polar surface area (TPSA) is 73.9 Å². The van der Waals surface area contributed by atoms with Crippen LogP contribution in [0.2, 0.25) is 0 Å². The van der Waals surface area contributed by atoms with E-state index in [4.69, 9.17) is 14.2 Å². The van der Waals surface area contributed by atoms with Crippen LogP contribution in [0.5, 0.6) is 11.5 Å². The van der Waals surface area contributed by atoms with Crippen molar-refractivity contribution in [2.75, 3.05) is 14.2 Å². The number of amides is 1. The minimum atomic E-state index is -0.989. The van der Waals surface area contributed by atoms with Gasteiger partial charge in [0.1, 0.15) is 11.5 Å². The lowest BCUT2D eigenvalue weighted by atomic mass is 10.1. The Hall–Kier alpha value is -3.28. The first kappa shape index (κ1) is 19.5. The third-order valence-corrected chi connectivity index (χ3v) is 4.34. The molecule has 146 valence electrons. The molecule has 0 unspecified atom stereocenters. The molecule has 6 heteroatoms. The van der Waals surface area contributed by atoms with E-state index in [1.165, 1.54) is 13.2 Å². The molecule has 0 aromatic heterocycles. The van der Waals surface area contributed by atoms with Gasteiger partial charge in [0.25, 0.3) is 5.91 Å². The van der Waals surface area contributed by atoms with Crippen LogP contribution in [-0.4, -0.2) is 32.1 Å². The van der Waals surface area contributed by atoms with Crippen molar-refractivity contribution >= 4 is 18.0 Å². The molecule has 0 radical (unpaired) electrons. The van der Waals surface area contributed by atoms with Gasteiger partial charge >= 0.3 is 5.97 Å². The molecule has 0 aliphatic heterocycles. The van der Waals surface area contributed by atoms with Crippen LogP contribution in [0.25, 0.3) is 6.08 Å². The van der Waals surface area contributed by atoms with Crippen molar-refractivity contribution in [3.05, 3.63) is 65.7 Å². The Labute approximate surface area is 164 Å². The molecule has 1 atom stereocenters. The average molecular weight is 381 g/mol. The van der Waals surface area contributed by atoms with Gasteiger partial charge in [-0.3, -0.25) is 4.79 Å². The Kier molecular flexibility index (Phi) is 6.32. The standard InChI is InChI=1S/C22H23NO5/c1-26-18-12-8-15(19(14-18)27-2)9-13-20(24)28-21(16-6-4-3-5-7-16)22(25)23-17-10-11-17/h3-9,12-14,17,21H,10-11H2,1-2H3,(H,23,25)/b13-9+/t21-/m0/s1. The molecule has 1 amide bonds. The number of methoxy groups -OCH3 is 2. The van der Waals surface area contributed by atoms with Gasteiger partial charge in [0.15, 0.2) is 0 Å². The lowest BCUT2D eigenvalue weighted by Crippen LogP contribution is -2.33. The van der Waals surface area contributed by atoms with Crippen molar-refractivity contribution < 1.29 is 23.8 Å². The molecule has 1 aliphatic rings.